The number of ether oxygens (including phenoxy) is 1. The summed E-state index contributed by atoms with van der Waals surface area (Å²) in [5.41, 5.74) is 3.86. The van der Waals surface area contributed by atoms with Crippen molar-refractivity contribution in [3.05, 3.63) is 35.0 Å². The van der Waals surface area contributed by atoms with Crippen molar-refractivity contribution in [3.8, 4) is 5.75 Å². The second-order valence-corrected chi connectivity index (χ2v) is 4.14. The fourth-order valence-corrected chi connectivity index (χ4v) is 2.37. The summed E-state index contributed by atoms with van der Waals surface area (Å²) in [6.07, 6.45) is 8.95. The smallest absolute Gasteiger partial charge is 0.211 e. The number of carbonyl (C=O) groups is 1. The second-order valence-electron chi connectivity index (χ2n) is 4.14. The molecular formula is C14H17NO2. The van der Waals surface area contributed by atoms with Gasteiger partial charge >= 0.3 is 0 Å². The summed E-state index contributed by atoms with van der Waals surface area (Å²) in [5, 5.41) is 2.54. The average molecular weight is 231 g/mol. The van der Waals surface area contributed by atoms with Gasteiger partial charge in [-0.3, -0.25) is 4.79 Å². The minimum absolute atomic E-state index is 0.665. The lowest BCUT2D eigenvalue weighted by Crippen LogP contribution is -2.06. The Kier molecular flexibility index (Phi) is 3.81. The third-order valence-corrected chi connectivity index (χ3v) is 3.17. The number of hydrogen-bond donors (Lipinski definition) is 1. The van der Waals surface area contributed by atoms with E-state index in [2.05, 4.69) is 11.4 Å². The number of rotatable bonds is 4. The van der Waals surface area contributed by atoms with Crippen molar-refractivity contribution in [2.24, 2.45) is 0 Å². The first-order chi connectivity index (χ1) is 8.36. The Bertz CT molecular complexity index is 438. The zero-order valence-electron chi connectivity index (χ0n) is 10.0. The van der Waals surface area contributed by atoms with Crippen molar-refractivity contribution in [2.45, 2.75) is 25.7 Å². The van der Waals surface area contributed by atoms with Crippen molar-refractivity contribution in [2.75, 3.05) is 7.11 Å². The Labute approximate surface area is 101 Å². The second kappa shape index (κ2) is 5.53. The molecule has 1 aromatic rings. The number of amides is 1. The highest BCUT2D eigenvalue weighted by atomic mass is 16.5. The van der Waals surface area contributed by atoms with Gasteiger partial charge in [-0.1, -0.05) is 6.07 Å². The molecule has 0 fully saturated rings. The van der Waals surface area contributed by atoms with Gasteiger partial charge < -0.3 is 10.1 Å². The minimum Gasteiger partial charge on any atom is -0.496 e. The molecule has 17 heavy (non-hydrogen) atoms. The quantitative estimate of drug-likeness (QED) is 0.807. The van der Waals surface area contributed by atoms with Crippen LogP contribution in [0.25, 0.3) is 6.08 Å². The van der Waals surface area contributed by atoms with E-state index < -0.39 is 0 Å². The van der Waals surface area contributed by atoms with Crippen LogP contribution in [0.2, 0.25) is 0 Å². The molecule has 1 aromatic carbocycles. The molecule has 1 N–H and O–H groups in total. The fraction of sp³-hybridized carbons (Fsp3) is 0.357. The molecule has 1 aliphatic carbocycles. The molecule has 0 heterocycles. The zero-order chi connectivity index (χ0) is 12.1. The Morgan fingerprint density at radius 3 is 2.88 bits per heavy atom. The third-order valence-electron chi connectivity index (χ3n) is 3.17. The summed E-state index contributed by atoms with van der Waals surface area (Å²) in [6.45, 7) is 0. The molecule has 0 saturated carbocycles. The number of aryl methyl sites for hydroxylation is 1. The lowest BCUT2D eigenvalue weighted by Gasteiger charge is -2.20. The van der Waals surface area contributed by atoms with Crippen LogP contribution in [0, 0.1) is 0 Å². The van der Waals surface area contributed by atoms with Gasteiger partial charge in [0.25, 0.3) is 0 Å². The first-order valence-electron chi connectivity index (χ1n) is 5.92. The van der Waals surface area contributed by atoms with Crippen LogP contribution in [-0.4, -0.2) is 13.5 Å². The Morgan fingerprint density at radius 1 is 1.29 bits per heavy atom. The molecule has 0 atom stereocenters. The van der Waals surface area contributed by atoms with Crippen LogP contribution in [0.5, 0.6) is 5.75 Å². The van der Waals surface area contributed by atoms with Crippen LogP contribution in [0.3, 0.4) is 0 Å². The first kappa shape index (κ1) is 11.7. The fourth-order valence-electron chi connectivity index (χ4n) is 2.37. The molecule has 0 saturated heterocycles. The van der Waals surface area contributed by atoms with E-state index in [1.807, 2.05) is 12.1 Å². The molecule has 1 amide bonds. The van der Waals surface area contributed by atoms with Crippen LogP contribution in [0.15, 0.2) is 18.3 Å². The van der Waals surface area contributed by atoms with Gasteiger partial charge in [0.05, 0.1) is 7.11 Å². The Morgan fingerprint density at radius 2 is 2.12 bits per heavy atom. The van der Waals surface area contributed by atoms with Crippen LogP contribution < -0.4 is 10.1 Å². The number of carbonyl (C=O) groups excluding carboxylic acids is 1. The maximum Gasteiger partial charge on any atom is 0.211 e. The molecule has 3 nitrogen and oxygen atoms in total. The standard InChI is InChI=1S/C14H17NO2/c1-17-14-7-6-11-4-2-3-5-12(11)13(14)8-9-15-10-16/h6-10H,2-5H2,1H3,(H,15,16). The summed E-state index contributed by atoms with van der Waals surface area (Å²) in [5.74, 6) is 0.870. The number of fused-ring (bicyclic) bond motifs is 1. The Hall–Kier alpha value is -1.77. The minimum atomic E-state index is 0.665. The first-order valence-corrected chi connectivity index (χ1v) is 5.92. The van der Waals surface area contributed by atoms with Gasteiger partial charge in [-0.2, -0.15) is 0 Å². The van der Waals surface area contributed by atoms with Crippen LogP contribution in [0.1, 0.15) is 29.5 Å². The van der Waals surface area contributed by atoms with E-state index in [9.17, 15) is 4.79 Å². The van der Waals surface area contributed by atoms with E-state index in [1.165, 1.54) is 24.0 Å². The highest BCUT2D eigenvalue weighted by Gasteiger charge is 2.15. The van der Waals surface area contributed by atoms with Gasteiger partial charge in [0.15, 0.2) is 0 Å². The van der Waals surface area contributed by atoms with Crippen LogP contribution >= 0.6 is 0 Å². The molecule has 0 unspecified atom stereocenters. The van der Waals surface area contributed by atoms with Gasteiger partial charge in [-0.25, -0.2) is 0 Å². The highest BCUT2D eigenvalue weighted by molar-refractivity contribution is 5.65. The maximum absolute atomic E-state index is 10.2. The molecule has 0 spiro atoms. The molecule has 2 rings (SSSR count). The van der Waals surface area contributed by atoms with Gasteiger partial charge in [0.2, 0.25) is 6.41 Å². The van der Waals surface area contributed by atoms with Crippen molar-refractivity contribution < 1.29 is 9.53 Å². The molecule has 1 aliphatic rings. The van der Waals surface area contributed by atoms with Crippen molar-refractivity contribution >= 4 is 12.5 Å². The van der Waals surface area contributed by atoms with Gasteiger partial charge in [-0.15, -0.1) is 0 Å². The van der Waals surface area contributed by atoms with E-state index in [1.54, 1.807) is 13.3 Å². The monoisotopic (exact) mass is 231 g/mol. The highest BCUT2D eigenvalue weighted by Crippen LogP contribution is 2.31. The predicted octanol–water partition coefficient (Wildman–Crippen LogP) is 2.29. The molecule has 0 radical (unpaired) electrons. The number of nitrogens with one attached hydrogen (secondary N) is 1. The van der Waals surface area contributed by atoms with Crippen molar-refractivity contribution in [3.63, 3.8) is 0 Å². The SMILES string of the molecule is COc1ccc2c(c1C=CNC=O)CCCC2. The molecule has 3 heteroatoms. The average Bonchev–Trinajstić information content (AvgIpc) is 2.39. The molecule has 0 aromatic heterocycles. The summed E-state index contributed by atoms with van der Waals surface area (Å²) in [4.78, 5) is 10.2. The molecular weight excluding hydrogens is 214 g/mol. The van der Waals surface area contributed by atoms with E-state index in [-0.39, 0.29) is 0 Å². The maximum atomic E-state index is 10.2. The van der Waals surface area contributed by atoms with E-state index in [0.29, 0.717) is 6.41 Å². The predicted molar refractivity (Wildman–Crippen MR) is 67.9 cm³/mol. The van der Waals surface area contributed by atoms with E-state index in [0.717, 1.165) is 24.2 Å². The Balaban J connectivity index is 2.40. The van der Waals surface area contributed by atoms with Gasteiger partial charge in [0.1, 0.15) is 5.75 Å². The van der Waals surface area contributed by atoms with Crippen LogP contribution in [0.4, 0.5) is 0 Å². The van der Waals surface area contributed by atoms with Crippen molar-refractivity contribution in [1.29, 1.82) is 0 Å². The van der Waals surface area contributed by atoms with E-state index in [4.69, 9.17) is 4.74 Å². The number of hydrogen-bond acceptors (Lipinski definition) is 2. The number of benzene rings is 1. The zero-order valence-corrected chi connectivity index (χ0v) is 10.0. The lowest BCUT2D eigenvalue weighted by molar-refractivity contribution is -0.108. The molecule has 0 aliphatic heterocycles. The molecule has 0 bridgehead atoms. The third kappa shape index (κ3) is 2.49. The van der Waals surface area contributed by atoms with E-state index >= 15 is 0 Å². The largest absolute Gasteiger partial charge is 0.496 e. The summed E-state index contributed by atoms with van der Waals surface area (Å²) in [6, 6.07) is 4.16. The lowest BCUT2D eigenvalue weighted by atomic mass is 9.88. The van der Waals surface area contributed by atoms with Gasteiger partial charge in [0, 0.05) is 11.8 Å². The van der Waals surface area contributed by atoms with Gasteiger partial charge in [-0.05, 0) is 49.0 Å². The molecule has 90 valence electrons. The van der Waals surface area contributed by atoms with Crippen molar-refractivity contribution in [1.82, 2.24) is 5.32 Å². The number of methoxy groups -OCH3 is 1. The normalized spacial score (nSPS) is 14.4. The van der Waals surface area contributed by atoms with Crippen LogP contribution in [-0.2, 0) is 17.6 Å². The summed E-state index contributed by atoms with van der Waals surface area (Å²) < 4.78 is 5.37. The topological polar surface area (TPSA) is 38.3 Å². The summed E-state index contributed by atoms with van der Waals surface area (Å²) >= 11 is 0. The summed E-state index contributed by atoms with van der Waals surface area (Å²) in [7, 11) is 1.68.